The van der Waals surface area contributed by atoms with E-state index in [0.717, 1.165) is 24.8 Å². The van der Waals surface area contributed by atoms with Gasteiger partial charge in [0.05, 0.1) is 6.42 Å². The molecule has 0 fully saturated rings. The molecule has 19 heavy (non-hydrogen) atoms. The maximum Gasteiger partial charge on any atom is 0.405 e. The van der Waals surface area contributed by atoms with Gasteiger partial charge in [0.15, 0.2) is 0 Å². The zero-order valence-corrected chi connectivity index (χ0v) is 10.5. The van der Waals surface area contributed by atoms with Crippen molar-refractivity contribution in [3.05, 3.63) is 34.9 Å². The molecule has 0 atom stereocenters. The Balaban J connectivity index is 1.94. The maximum absolute atomic E-state index is 12.0. The van der Waals surface area contributed by atoms with Crippen LogP contribution in [-0.2, 0) is 24.1 Å². The molecule has 0 bridgehead atoms. The number of carbonyl (C=O) groups is 1. The molecule has 1 N–H and O–H groups in total. The molecular weight excluding hydrogens is 255 g/mol. The van der Waals surface area contributed by atoms with Crippen LogP contribution in [0.3, 0.4) is 0 Å². The molecule has 5 heteroatoms. The molecule has 2 nitrogen and oxygen atoms in total. The maximum atomic E-state index is 12.0. The van der Waals surface area contributed by atoms with Gasteiger partial charge in [-0.2, -0.15) is 13.2 Å². The third-order valence-corrected chi connectivity index (χ3v) is 3.26. The fourth-order valence-electron chi connectivity index (χ4n) is 2.34. The number of carbonyl (C=O) groups excluding carboxylic acids is 1. The second kappa shape index (κ2) is 5.63. The minimum absolute atomic E-state index is 0.00333. The standard InChI is InChI=1S/C14H16F3NO/c15-14(16,17)9-18-13(19)8-10-5-6-11-3-1-2-4-12(11)7-10/h5-7H,1-4,8-9H2,(H,18,19). The van der Waals surface area contributed by atoms with E-state index in [2.05, 4.69) is 0 Å². The normalized spacial score (nSPS) is 14.9. The highest BCUT2D eigenvalue weighted by Gasteiger charge is 2.27. The van der Waals surface area contributed by atoms with Crippen LogP contribution in [0.25, 0.3) is 0 Å². The van der Waals surface area contributed by atoms with Gasteiger partial charge in [0.2, 0.25) is 5.91 Å². The average Bonchev–Trinajstić information content (AvgIpc) is 2.35. The SMILES string of the molecule is O=C(Cc1ccc2c(c1)CCCC2)NCC(F)(F)F. The minimum atomic E-state index is -4.36. The Labute approximate surface area is 110 Å². The summed E-state index contributed by atoms with van der Waals surface area (Å²) in [5.41, 5.74) is 3.30. The highest BCUT2D eigenvalue weighted by Crippen LogP contribution is 2.22. The van der Waals surface area contributed by atoms with E-state index in [4.69, 9.17) is 0 Å². The lowest BCUT2D eigenvalue weighted by Gasteiger charge is -2.16. The van der Waals surface area contributed by atoms with Gasteiger partial charge in [-0.25, -0.2) is 0 Å². The molecule has 1 aliphatic rings. The molecule has 0 heterocycles. The van der Waals surface area contributed by atoms with Gasteiger partial charge in [-0.05, 0) is 42.4 Å². The Hall–Kier alpha value is -1.52. The summed E-state index contributed by atoms with van der Waals surface area (Å²) < 4.78 is 35.9. The van der Waals surface area contributed by atoms with Crippen molar-refractivity contribution in [2.24, 2.45) is 0 Å². The molecule has 0 saturated carbocycles. The smallest absolute Gasteiger partial charge is 0.347 e. The molecule has 1 aromatic rings. The van der Waals surface area contributed by atoms with E-state index in [-0.39, 0.29) is 6.42 Å². The first-order chi connectivity index (χ1) is 8.94. The number of aryl methyl sites for hydroxylation is 2. The van der Waals surface area contributed by atoms with Gasteiger partial charge in [-0.1, -0.05) is 18.2 Å². The van der Waals surface area contributed by atoms with Crippen molar-refractivity contribution in [3.8, 4) is 0 Å². The van der Waals surface area contributed by atoms with Crippen molar-refractivity contribution >= 4 is 5.91 Å². The van der Waals surface area contributed by atoms with E-state index in [1.165, 1.54) is 17.5 Å². The average molecular weight is 271 g/mol. The highest BCUT2D eigenvalue weighted by molar-refractivity contribution is 5.78. The molecular formula is C14H16F3NO. The fraction of sp³-hybridized carbons (Fsp3) is 0.500. The number of nitrogens with one attached hydrogen (secondary N) is 1. The summed E-state index contributed by atoms with van der Waals surface area (Å²) in [6, 6.07) is 5.76. The summed E-state index contributed by atoms with van der Waals surface area (Å²) in [7, 11) is 0. The topological polar surface area (TPSA) is 29.1 Å². The van der Waals surface area contributed by atoms with Gasteiger partial charge < -0.3 is 5.32 Å². The van der Waals surface area contributed by atoms with Gasteiger partial charge in [-0.15, -0.1) is 0 Å². The predicted molar refractivity (Wildman–Crippen MR) is 65.9 cm³/mol. The van der Waals surface area contributed by atoms with Crippen LogP contribution in [0, 0.1) is 0 Å². The summed E-state index contributed by atoms with van der Waals surface area (Å²) in [6.45, 7) is -1.27. The Morgan fingerprint density at radius 1 is 1.16 bits per heavy atom. The molecule has 0 aromatic heterocycles. The Kier molecular flexibility index (Phi) is 4.12. The largest absolute Gasteiger partial charge is 0.405 e. The first kappa shape index (κ1) is 13.9. The Morgan fingerprint density at radius 3 is 2.53 bits per heavy atom. The number of rotatable bonds is 3. The van der Waals surface area contributed by atoms with E-state index in [1.807, 2.05) is 23.5 Å². The molecule has 0 spiro atoms. The molecule has 0 unspecified atom stereocenters. The monoisotopic (exact) mass is 271 g/mol. The van der Waals surface area contributed by atoms with Crippen LogP contribution in [-0.4, -0.2) is 18.6 Å². The second-order valence-electron chi connectivity index (χ2n) is 4.88. The lowest BCUT2D eigenvalue weighted by Crippen LogP contribution is -2.34. The minimum Gasteiger partial charge on any atom is -0.347 e. The lowest BCUT2D eigenvalue weighted by atomic mass is 9.90. The number of amides is 1. The first-order valence-corrected chi connectivity index (χ1v) is 6.38. The van der Waals surface area contributed by atoms with Crippen LogP contribution in [0.2, 0.25) is 0 Å². The fourth-order valence-corrected chi connectivity index (χ4v) is 2.34. The van der Waals surface area contributed by atoms with Crippen LogP contribution in [0.5, 0.6) is 0 Å². The number of halogens is 3. The zero-order valence-electron chi connectivity index (χ0n) is 10.5. The summed E-state index contributed by atoms with van der Waals surface area (Å²) in [6.07, 6.45) is 0.00718. The molecule has 1 aromatic carbocycles. The number of alkyl halides is 3. The van der Waals surface area contributed by atoms with Crippen molar-refractivity contribution in [3.63, 3.8) is 0 Å². The molecule has 1 aliphatic carbocycles. The van der Waals surface area contributed by atoms with E-state index in [9.17, 15) is 18.0 Å². The number of fused-ring (bicyclic) bond motifs is 1. The van der Waals surface area contributed by atoms with E-state index >= 15 is 0 Å². The van der Waals surface area contributed by atoms with Gasteiger partial charge in [0.1, 0.15) is 6.54 Å². The Bertz CT molecular complexity index is 468. The molecule has 2 rings (SSSR count). The number of hydrogen-bond donors (Lipinski definition) is 1. The third-order valence-electron chi connectivity index (χ3n) is 3.26. The molecule has 104 valence electrons. The number of hydrogen-bond acceptors (Lipinski definition) is 1. The van der Waals surface area contributed by atoms with Gasteiger partial charge in [0.25, 0.3) is 0 Å². The predicted octanol–water partition coefficient (Wildman–Crippen LogP) is 2.79. The first-order valence-electron chi connectivity index (χ1n) is 6.38. The van der Waals surface area contributed by atoms with E-state index in [0.29, 0.717) is 0 Å². The van der Waals surface area contributed by atoms with Crippen molar-refractivity contribution in [1.82, 2.24) is 5.32 Å². The van der Waals surface area contributed by atoms with E-state index in [1.54, 1.807) is 0 Å². The zero-order chi connectivity index (χ0) is 13.9. The lowest BCUT2D eigenvalue weighted by molar-refractivity contribution is -0.138. The van der Waals surface area contributed by atoms with Gasteiger partial charge >= 0.3 is 6.18 Å². The van der Waals surface area contributed by atoms with Crippen LogP contribution in [0.4, 0.5) is 13.2 Å². The Morgan fingerprint density at radius 2 is 1.84 bits per heavy atom. The highest BCUT2D eigenvalue weighted by atomic mass is 19.4. The molecule has 1 amide bonds. The quantitative estimate of drug-likeness (QED) is 0.900. The van der Waals surface area contributed by atoms with E-state index < -0.39 is 18.6 Å². The third kappa shape index (κ3) is 4.26. The van der Waals surface area contributed by atoms with Crippen molar-refractivity contribution in [1.29, 1.82) is 0 Å². The van der Waals surface area contributed by atoms with Crippen LogP contribution < -0.4 is 5.32 Å². The van der Waals surface area contributed by atoms with Crippen molar-refractivity contribution < 1.29 is 18.0 Å². The summed E-state index contributed by atoms with van der Waals surface area (Å²) >= 11 is 0. The van der Waals surface area contributed by atoms with Crippen LogP contribution in [0.15, 0.2) is 18.2 Å². The summed E-state index contributed by atoms with van der Waals surface area (Å²) in [5, 5.41) is 1.89. The van der Waals surface area contributed by atoms with Crippen molar-refractivity contribution in [2.75, 3.05) is 6.54 Å². The van der Waals surface area contributed by atoms with Crippen molar-refractivity contribution in [2.45, 2.75) is 38.3 Å². The van der Waals surface area contributed by atoms with Crippen LogP contribution >= 0.6 is 0 Å². The summed E-state index contributed by atoms with van der Waals surface area (Å²) in [5.74, 6) is -0.590. The summed E-state index contributed by atoms with van der Waals surface area (Å²) in [4.78, 5) is 11.4. The number of benzene rings is 1. The molecule has 0 saturated heterocycles. The second-order valence-corrected chi connectivity index (χ2v) is 4.88. The van der Waals surface area contributed by atoms with Gasteiger partial charge in [-0.3, -0.25) is 4.79 Å². The van der Waals surface area contributed by atoms with Crippen LogP contribution in [0.1, 0.15) is 29.5 Å². The van der Waals surface area contributed by atoms with Gasteiger partial charge in [0, 0.05) is 0 Å². The molecule has 0 radical (unpaired) electrons. The molecule has 0 aliphatic heterocycles.